The molecule has 1 aromatic carbocycles. The zero-order valence-corrected chi connectivity index (χ0v) is 11.1. The van der Waals surface area contributed by atoms with Crippen LogP contribution >= 0.6 is 0 Å². The van der Waals surface area contributed by atoms with Crippen molar-refractivity contribution in [3.63, 3.8) is 0 Å². The van der Waals surface area contributed by atoms with Crippen molar-refractivity contribution in [1.82, 2.24) is 4.90 Å². The summed E-state index contributed by atoms with van der Waals surface area (Å²) in [7, 11) is 4.16. The Morgan fingerprint density at radius 3 is 2.44 bits per heavy atom. The summed E-state index contributed by atoms with van der Waals surface area (Å²) >= 11 is 0. The smallest absolute Gasteiger partial charge is 0.0301 e. The maximum absolute atomic E-state index is 6.29. The second-order valence-electron chi connectivity index (χ2n) is 5.35. The zero-order valence-electron chi connectivity index (χ0n) is 11.1. The fourth-order valence-electron chi connectivity index (χ4n) is 1.67. The number of rotatable bonds is 4. The van der Waals surface area contributed by atoms with E-state index < -0.39 is 0 Å². The summed E-state index contributed by atoms with van der Waals surface area (Å²) in [5.41, 5.74) is 8.93. The Morgan fingerprint density at radius 2 is 1.94 bits per heavy atom. The van der Waals surface area contributed by atoms with Gasteiger partial charge in [0, 0.05) is 11.6 Å². The van der Waals surface area contributed by atoms with Crippen LogP contribution in [0.2, 0.25) is 0 Å². The van der Waals surface area contributed by atoms with E-state index in [1.165, 1.54) is 11.1 Å². The molecule has 2 N–H and O–H groups in total. The Kier molecular flexibility index (Phi) is 4.11. The van der Waals surface area contributed by atoms with E-state index in [1.807, 2.05) is 0 Å². The standard InChI is InChI=1S/C14H24N2/c1-11-7-6-8-12(9-11)10-13(15)14(2,3)16(4)5/h6-9,13H,10,15H2,1-5H3. The summed E-state index contributed by atoms with van der Waals surface area (Å²) in [6, 6.07) is 8.72. The Bertz CT molecular complexity index is 342. The summed E-state index contributed by atoms with van der Waals surface area (Å²) in [4.78, 5) is 2.19. The van der Waals surface area contributed by atoms with E-state index in [1.54, 1.807) is 0 Å². The van der Waals surface area contributed by atoms with Crippen LogP contribution in [0.5, 0.6) is 0 Å². The summed E-state index contributed by atoms with van der Waals surface area (Å²) in [6.07, 6.45) is 0.923. The van der Waals surface area contributed by atoms with Gasteiger partial charge in [-0.2, -0.15) is 0 Å². The van der Waals surface area contributed by atoms with Crippen molar-refractivity contribution < 1.29 is 0 Å². The van der Waals surface area contributed by atoms with E-state index in [4.69, 9.17) is 5.73 Å². The minimum absolute atomic E-state index is 0.0176. The topological polar surface area (TPSA) is 29.3 Å². The van der Waals surface area contributed by atoms with Gasteiger partial charge in [0.25, 0.3) is 0 Å². The Morgan fingerprint density at radius 1 is 1.31 bits per heavy atom. The first kappa shape index (κ1) is 13.2. The number of nitrogens with zero attached hydrogens (tertiary/aromatic N) is 1. The van der Waals surface area contributed by atoms with Gasteiger partial charge in [0.05, 0.1) is 0 Å². The van der Waals surface area contributed by atoms with Crippen LogP contribution in [0, 0.1) is 6.92 Å². The molecule has 0 saturated heterocycles. The SMILES string of the molecule is Cc1cccc(CC(N)C(C)(C)N(C)C)c1. The predicted octanol–water partition coefficient (Wildman–Crippen LogP) is 2.21. The fraction of sp³-hybridized carbons (Fsp3) is 0.571. The van der Waals surface area contributed by atoms with Crippen molar-refractivity contribution in [2.75, 3.05) is 14.1 Å². The highest BCUT2D eigenvalue weighted by Gasteiger charge is 2.28. The molecule has 0 saturated carbocycles. The van der Waals surface area contributed by atoms with Gasteiger partial charge in [-0.3, -0.25) is 0 Å². The van der Waals surface area contributed by atoms with Crippen LogP contribution in [0.15, 0.2) is 24.3 Å². The van der Waals surface area contributed by atoms with Gasteiger partial charge in [-0.15, -0.1) is 0 Å². The van der Waals surface area contributed by atoms with Gasteiger partial charge in [0.15, 0.2) is 0 Å². The lowest BCUT2D eigenvalue weighted by Gasteiger charge is -2.38. The maximum Gasteiger partial charge on any atom is 0.0301 e. The molecule has 0 aromatic heterocycles. The van der Waals surface area contributed by atoms with Crippen LogP contribution in [0.25, 0.3) is 0 Å². The zero-order chi connectivity index (χ0) is 12.3. The van der Waals surface area contributed by atoms with Crippen molar-refractivity contribution in [3.05, 3.63) is 35.4 Å². The Labute approximate surface area is 99.5 Å². The average molecular weight is 220 g/mol. The number of hydrogen-bond acceptors (Lipinski definition) is 2. The van der Waals surface area contributed by atoms with Crippen LogP contribution < -0.4 is 5.73 Å². The summed E-state index contributed by atoms with van der Waals surface area (Å²) in [6.45, 7) is 6.49. The predicted molar refractivity (Wildman–Crippen MR) is 70.6 cm³/mol. The van der Waals surface area contributed by atoms with Gasteiger partial charge in [-0.1, -0.05) is 29.8 Å². The van der Waals surface area contributed by atoms with Crippen LogP contribution in [0.3, 0.4) is 0 Å². The van der Waals surface area contributed by atoms with E-state index in [9.17, 15) is 0 Å². The lowest BCUT2D eigenvalue weighted by molar-refractivity contribution is 0.158. The lowest BCUT2D eigenvalue weighted by atomic mass is 9.88. The Hall–Kier alpha value is -0.860. The molecule has 0 fully saturated rings. The van der Waals surface area contributed by atoms with Gasteiger partial charge >= 0.3 is 0 Å². The van der Waals surface area contributed by atoms with Crippen LogP contribution in [0.4, 0.5) is 0 Å². The first-order chi connectivity index (χ1) is 7.34. The van der Waals surface area contributed by atoms with Gasteiger partial charge in [0.2, 0.25) is 0 Å². The number of benzene rings is 1. The van der Waals surface area contributed by atoms with Crippen LogP contribution in [-0.4, -0.2) is 30.6 Å². The molecule has 0 bridgehead atoms. The molecule has 0 heterocycles. The molecule has 1 aromatic rings. The first-order valence-corrected chi connectivity index (χ1v) is 5.82. The monoisotopic (exact) mass is 220 g/mol. The molecule has 1 atom stereocenters. The highest BCUT2D eigenvalue weighted by Crippen LogP contribution is 2.18. The quantitative estimate of drug-likeness (QED) is 0.843. The summed E-state index contributed by atoms with van der Waals surface area (Å²) in [5.74, 6) is 0. The normalized spacial score (nSPS) is 14.2. The lowest BCUT2D eigenvalue weighted by Crippen LogP contribution is -2.54. The van der Waals surface area contributed by atoms with Crippen molar-refractivity contribution >= 4 is 0 Å². The third-order valence-electron chi connectivity index (χ3n) is 3.60. The van der Waals surface area contributed by atoms with Gasteiger partial charge in [0.1, 0.15) is 0 Å². The van der Waals surface area contributed by atoms with E-state index in [0.29, 0.717) is 0 Å². The van der Waals surface area contributed by atoms with Gasteiger partial charge in [-0.05, 0) is 46.9 Å². The minimum Gasteiger partial charge on any atom is -0.326 e. The molecular formula is C14H24N2. The molecule has 16 heavy (non-hydrogen) atoms. The molecule has 90 valence electrons. The average Bonchev–Trinajstić information content (AvgIpc) is 2.17. The molecule has 0 aliphatic carbocycles. The van der Waals surface area contributed by atoms with Crippen molar-refractivity contribution in [1.29, 1.82) is 0 Å². The largest absolute Gasteiger partial charge is 0.326 e. The molecule has 0 radical (unpaired) electrons. The second-order valence-corrected chi connectivity index (χ2v) is 5.35. The van der Waals surface area contributed by atoms with Crippen molar-refractivity contribution in [3.8, 4) is 0 Å². The molecular weight excluding hydrogens is 196 g/mol. The number of nitrogens with two attached hydrogens (primary N) is 1. The van der Waals surface area contributed by atoms with Gasteiger partial charge in [-0.25, -0.2) is 0 Å². The second kappa shape index (κ2) is 4.98. The van der Waals surface area contributed by atoms with E-state index in [2.05, 4.69) is 64.0 Å². The number of aryl methyl sites for hydroxylation is 1. The molecule has 0 aliphatic rings. The summed E-state index contributed by atoms with van der Waals surface area (Å²) < 4.78 is 0. The molecule has 2 nitrogen and oxygen atoms in total. The first-order valence-electron chi connectivity index (χ1n) is 5.82. The van der Waals surface area contributed by atoms with Crippen LogP contribution in [0.1, 0.15) is 25.0 Å². The Balaban J connectivity index is 2.75. The van der Waals surface area contributed by atoms with Gasteiger partial charge < -0.3 is 10.6 Å². The number of hydrogen-bond donors (Lipinski definition) is 1. The van der Waals surface area contributed by atoms with E-state index in [0.717, 1.165) is 6.42 Å². The van der Waals surface area contributed by atoms with E-state index in [-0.39, 0.29) is 11.6 Å². The highest BCUT2D eigenvalue weighted by atomic mass is 15.2. The molecule has 0 spiro atoms. The highest BCUT2D eigenvalue weighted by molar-refractivity contribution is 5.23. The molecule has 1 unspecified atom stereocenters. The third-order valence-corrected chi connectivity index (χ3v) is 3.60. The van der Waals surface area contributed by atoms with Crippen molar-refractivity contribution in [2.24, 2.45) is 5.73 Å². The third kappa shape index (κ3) is 3.06. The maximum atomic E-state index is 6.29. The fourth-order valence-corrected chi connectivity index (χ4v) is 1.67. The van der Waals surface area contributed by atoms with E-state index >= 15 is 0 Å². The summed E-state index contributed by atoms with van der Waals surface area (Å²) in [5, 5.41) is 0. The molecule has 1 rings (SSSR count). The van der Waals surface area contributed by atoms with Crippen molar-refractivity contribution in [2.45, 2.75) is 38.8 Å². The molecule has 0 aliphatic heterocycles. The number of likely N-dealkylation sites (N-methyl/N-ethyl adjacent to an activating group) is 1. The molecule has 2 heteroatoms. The molecule has 0 amide bonds. The van der Waals surface area contributed by atoms with Crippen LogP contribution in [-0.2, 0) is 6.42 Å². The minimum atomic E-state index is 0.0176.